The average Bonchev–Trinajstić information content (AvgIpc) is 2.32. The van der Waals surface area contributed by atoms with Crippen molar-refractivity contribution in [1.29, 1.82) is 0 Å². The molecule has 2 rings (SSSR count). The highest BCUT2D eigenvalue weighted by molar-refractivity contribution is 7.80. The van der Waals surface area contributed by atoms with Crippen LogP contribution >= 0.6 is 23.8 Å². The topological polar surface area (TPSA) is 35.2 Å². The van der Waals surface area contributed by atoms with Crippen molar-refractivity contribution < 1.29 is 9.13 Å². The van der Waals surface area contributed by atoms with Crippen molar-refractivity contribution in [3.05, 3.63) is 58.9 Å². The van der Waals surface area contributed by atoms with Crippen molar-refractivity contribution in [3.8, 4) is 11.5 Å². The third-order valence-electron chi connectivity index (χ3n) is 2.26. The van der Waals surface area contributed by atoms with Gasteiger partial charge in [-0.15, -0.1) is 0 Å². The lowest BCUT2D eigenvalue weighted by Crippen LogP contribution is -2.09. The predicted octanol–water partition coefficient (Wildman–Crippen LogP) is 3.91. The van der Waals surface area contributed by atoms with Gasteiger partial charge < -0.3 is 10.5 Å². The predicted molar refractivity (Wildman–Crippen MR) is 73.8 cm³/mol. The highest BCUT2D eigenvalue weighted by Crippen LogP contribution is 2.26. The Balaban J connectivity index is 2.22. The second-order valence-electron chi connectivity index (χ2n) is 3.56. The van der Waals surface area contributed by atoms with E-state index in [-0.39, 0.29) is 10.8 Å². The fourth-order valence-corrected chi connectivity index (χ4v) is 1.90. The van der Waals surface area contributed by atoms with Gasteiger partial charge in [0.25, 0.3) is 0 Å². The molecule has 0 unspecified atom stereocenters. The molecule has 0 saturated heterocycles. The molecule has 0 amide bonds. The summed E-state index contributed by atoms with van der Waals surface area (Å²) in [6, 6.07) is 10.7. The van der Waals surface area contributed by atoms with E-state index in [1.54, 1.807) is 18.2 Å². The van der Waals surface area contributed by atoms with Crippen LogP contribution in [-0.4, -0.2) is 4.99 Å². The maximum atomic E-state index is 12.7. The minimum absolute atomic E-state index is 0.230. The summed E-state index contributed by atoms with van der Waals surface area (Å²) in [5.41, 5.74) is 6.09. The lowest BCUT2D eigenvalue weighted by atomic mass is 10.2. The van der Waals surface area contributed by atoms with E-state index in [9.17, 15) is 4.39 Å². The van der Waals surface area contributed by atoms with Crippen molar-refractivity contribution in [3.63, 3.8) is 0 Å². The van der Waals surface area contributed by atoms with Crippen molar-refractivity contribution >= 4 is 28.8 Å². The van der Waals surface area contributed by atoms with Gasteiger partial charge in [0.1, 0.15) is 22.3 Å². The van der Waals surface area contributed by atoms with Crippen LogP contribution in [0.15, 0.2) is 42.5 Å². The fourth-order valence-electron chi connectivity index (χ4n) is 1.40. The molecule has 0 aliphatic rings. The van der Waals surface area contributed by atoms with Gasteiger partial charge in [-0.25, -0.2) is 4.39 Å². The van der Waals surface area contributed by atoms with Crippen LogP contribution in [-0.2, 0) is 0 Å². The molecule has 2 aromatic rings. The molecule has 18 heavy (non-hydrogen) atoms. The molecule has 0 bridgehead atoms. The van der Waals surface area contributed by atoms with E-state index < -0.39 is 0 Å². The zero-order valence-electron chi connectivity index (χ0n) is 9.19. The second-order valence-corrected chi connectivity index (χ2v) is 4.41. The SMILES string of the molecule is NC(=S)c1ccc(Oc2ccc(F)cc2)cc1Cl. The molecule has 0 atom stereocenters. The number of hydrogen-bond donors (Lipinski definition) is 1. The molecule has 0 aromatic heterocycles. The van der Waals surface area contributed by atoms with Gasteiger partial charge in [0.05, 0.1) is 5.02 Å². The summed E-state index contributed by atoms with van der Waals surface area (Å²) in [5, 5.41) is 0.419. The zero-order chi connectivity index (χ0) is 13.1. The van der Waals surface area contributed by atoms with Crippen molar-refractivity contribution in [2.45, 2.75) is 0 Å². The van der Waals surface area contributed by atoms with Gasteiger partial charge in [-0.2, -0.15) is 0 Å². The normalized spacial score (nSPS) is 10.1. The average molecular weight is 282 g/mol. The summed E-state index contributed by atoms with van der Waals surface area (Å²) in [5.74, 6) is 0.742. The maximum Gasteiger partial charge on any atom is 0.128 e. The van der Waals surface area contributed by atoms with E-state index >= 15 is 0 Å². The zero-order valence-corrected chi connectivity index (χ0v) is 10.8. The number of benzene rings is 2. The molecule has 0 fully saturated rings. The van der Waals surface area contributed by atoms with E-state index in [4.69, 9.17) is 34.3 Å². The third kappa shape index (κ3) is 2.97. The number of thiocarbonyl (C=S) groups is 1. The number of hydrogen-bond acceptors (Lipinski definition) is 2. The largest absolute Gasteiger partial charge is 0.457 e. The summed E-state index contributed by atoms with van der Waals surface area (Å²) in [7, 11) is 0. The van der Waals surface area contributed by atoms with Gasteiger partial charge in [-0.3, -0.25) is 0 Å². The van der Waals surface area contributed by atoms with E-state index in [1.165, 1.54) is 24.3 Å². The van der Waals surface area contributed by atoms with Gasteiger partial charge in [-0.05, 0) is 36.4 Å². The Morgan fingerprint density at radius 2 is 1.72 bits per heavy atom. The van der Waals surface area contributed by atoms with Crippen LogP contribution in [0.2, 0.25) is 5.02 Å². The van der Waals surface area contributed by atoms with Gasteiger partial charge in [0.15, 0.2) is 0 Å². The van der Waals surface area contributed by atoms with Crippen LogP contribution in [0, 0.1) is 5.82 Å². The van der Waals surface area contributed by atoms with Crippen molar-refractivity contribution in [2.75, 3.05) is 0 Å². The van der Waals surface area contributed by atoms with Crippen LogP contribution in [0.4, 0.5) is 4.39 Å². The molecule has 0 heterocycles. The molecular formula is C13H9ClFNOS. The van der Waals surface area contributed by atoms with Crippen molar-refractivity contribution in [2.24, 2.45) is 5.73 Å². The first kappa shape index (κ1) is 12.8. The van der Waals surface area contributed by atoms with E-state index in [0.29, 0.717) is 22.1 Å². The lowest BCUT2D eigenvalue weighted by Gasteiger charge is -2.08. The van der Waals surface area contributed by atoms with Crippen LogP contribution in [0.5, 0.6) is 11.5 Å². The van der Waals surface area contributed by atoms with Crippen LogP contribution < -0.4 is 10.5 Å². The van der Waals surface area contributed by atoms with E-state index in [2.05, 4.69) is 0 Å². The quantitative estimate of drug-likeness (QED) is 0.867. The molecule has 0 spiro atoms. The molecule has 5 heteroatoms. The Hall–Kier alpha value is -1.65. The fraction of sp³-hybridized carbons (Fsp3) is 0. The van der Waals surface area contributed by atoms with Gasteiger partial charge in [-0.1, -0.05) is 23.8 Å². The number of halogens is 2. The first-order chi connectivity index (χ1) is 8.56. The molecule has 0 saturated carbocycles. The number of ether oxygens (including phenoxy) is 1. The molecule has 0 aliphatic carbocycles. The summed E-state index contributed by atoms with van der Waals surface area (Å²) in [6.07, 6.45) is 0. The minimum atomic E-state index is -0.316. The smallest absolute Gasteiger partial charge is 0.128 e. The Labute approximate surface area is 114 Å². The highest BCUT2D eigenvalue weighted by Gasteiger charge is 2.05. The molecule has 0 aliphatic heterocycles. The van der Waals surface area contributed by atoms with E-state index in [1.807, 2.05) is 0 Å². The standard InChI is InChI=1S/C13H9ClFNOS/c14-12-7-10(5-6-11(12)13(16)18)17-9-3-1-8(15)2-4-9/h1-7H,(H2,16,18). The molecule has 92 valence electrons. The summed E-state index contributed by atoms with van der Waals surface area (Å²) in [4.78, 5) is 0.230. The monoisotopic (exact) mass is 281 g/mol. The van der Waals surface area contributed by atoms with Gasteiger partial charge in [0, 0.05) is 11.6 Å². The van der Waals surface area contributed by atoms with Crippen LogP contribution in [0.1, 0.15) is 5.56 Å². The Kier molecular flexibility index (Phi) is 3.79. The van der Waals surface area contributed by atoms with Gasteiger partial charge >= 0.3 is 0 Å². The molecule has 2 aromatic carbocycles. The third-order valence-corrected chi connectivity index (χ3v) is 2.79. The van der Waals surface area contributed by atoms with Crippen molar-refractivity contribution in [1.82, 2.24) is 0 Å². The minimum Gasteiger partial charge on any atom is -0.457 e. The first-order valence-corrected chi connectivity index (χ1v) is 5.87. The van der Waals surface area contributed by atoms with E-state index in [0.717, 1.165) is 0 Å². The Bertz CT molecular complexity index is 586. The number of rotatable bonds is 3. The molecule has 0 radical (unpaired) electrons. The highest BCUT2D eigenvalue weighted by atomic mass is 35.5. The Morgan fingerprint density at radius 1 is 1.11 bits per heavy atom. The molecule has 2 N–H and O–H groups in total. The summed E-state index contributed by atoms with van der Waals surface area (Å²) in [6.45, 7) is 0. The molecular weight excluding hydrogens is 273 g/mol. The van der Waals surface area contributed by atoms with Crippen LogP contribution in [0.3, 0.4) is 0 Å². The molecule has 2 nitrogen and oxygen atoms in total. The lowest BCUT2D eigenvalue weighted by molar-refractivity contribution is 0.480. The Morgan fingerprint density at radius 3 is 2.28 bits per heavy atom. The first-order valence-electron chi connectivity index (χ1n) is 5.09. The summed E-state index contributed by atoms with van der Waals surface area (Å²) >= 11 is 10.9. The summed E-state index contributed by atoms with van der Waals surface area (Å²) < 4.78 is 18.2. The number of nitrogens with two attached hydrogens (primary N) is 1. The second kappa shape index (κ2) is 5.33. The maximum absolute atomic E-state index is 12.7. The van der Waals surface area contributed by atoms with Crippen LogP contribution in [0.25, 0.3) is 0 Å². The van der Waals surface area contributed by atoms with Gasteiger partial charge in [0.2, 0.25) is 0 Å².